The van der Waals surface area contributed by atoms with Gasteiger partial charge in [-0.25, -0.2) is 4.68 Å². The lowest BCUT2D eigenvalue weighted by Gasteiger charge is -2.12. The Labute approximate surface area is 197 Å². The predicted octanol–water partition coefficient (Wildman–Crippen LogP) is 6.70. The van der Waals surface area contributed by atoms with E-state index in [2.05, 4.69) is 38.2 Å². The van der Waals surface area contributed by atoms with Crippen molar-refractivity contribution in [2.75, 3.05) is 0 Å². The topological polar surface area (TPSA) is 46.9 Å². The van der Waals surface area contributed by atoms with Gasteiger partial charge in [0.1, 0.15) is 0 Å². The number of carbonyl (C=O) groups is 1. The number of aryl methyl sites for hydroxylation is 3. The predicted molar refractivity (Wildman–Crippen MR) is 131 cm³/mol. The van der Waals surface area contributed by atoms with Gasteiger partial charge in [0, 0.05) is 28.9 Å². The maximum absolute atomic E-state index is 12.8. The van der Waals surface area contributed by atoms with Crippen molar-refractivity contribution in [2.24, 2.45) is 0 Å². The van der Waals surface area contributed by atoms with Crippen LogP contribution in [0.3, 0.4) is 0 Å². The van der Waals surface area contributed by atoms with Crippen molar-refractivity contribution in [3.8, 4) is 16.9 Å². The molecule has 0 bridgehead atoms. The summed E-state index contributed by atoms with van der Waals surface area (Å²) in [5.41, 5.74) is 7.69. The molecule has 162 valence electrons. The van der Waals surface area contributed by atoms with Crippen LogP contribution in [0.1, 0.15) is 32.6 Å². The first-order valence-electron chi connectivity index (χ1n) is 10.3. The quantitative estimate of drug-likeness (QED) is 0.357. The number of hydrogen-bond donors (Lipinski definition) is 1. The lowest BCUT2D eigenvalue weighted by atomic mass is 9.95. The molecule has 4 nitrogen and oxygen atoms in total. The Hall–Kier alpha value is -3.08. The van der Waals surface area contributed by atoms with Gasteiger partial charge in [-0.2, -0.15) is 5.10 Å². The number of amides is 1. The second-order valence-corrected chi connectivity index (χ2v) is 8.71. The first kappa shape index (κ1) is 22.1. The highest BCUT2D eigenvalue weighted by Crippen LogP contribution is 2.31. The minimum Gasteiger partial charge on any atom is -0.348 e. The highest BCUT2D eigenvalue weighted by Gasteiger charge is 2.18. The molecule has 0 aliphatic carbocycles. The average molecular weight is 464 g/mol. The molecule has 1 heterocycles. The van der Waals surface area contributed by atoms with Crippen molar-refractivity contribution in [3.05, 3.63) is 105 Å². The molecule has 0 atom stereocenters. The van der Waals surface area contributed by atoms with Gasteiger partial charge in [0.05, 0.1) is 22.0 Å². The molecular formula is C26H23Cl2N3O. The van der Waals surface area contributed by atoms with Crippen molar-refractivity contribution in [2.45, 2.75) is 27.3 Å². The Morgan fingerprint density at radius 1 is 0.969 bits per heavy atom. The number of carbonyl (C=O) groups excluding carboxylic acids is 1. The van der Waals surface area contributed by atoms with Crippen molar-refractivity contribution in [3.63, 3.8) is 0 Å². The summed E-state index contributed by atoms with van der Waals surface area (Å²) in [5.74, 6) is -0.262. The van der Waals surface area contributed by atoms with Crippen LogP contribution in [0.2, 0.25) is 10.0 Å². The summed E-state index contributed by atoms with van der Waals surface area (Å²) in [5, 5.41) is 8.69. The third kappa shape index (κ3) is 4.57. The smallest absolute Gasteiger partial charge is 0.253 e. The van der Waals surface area contributed by atoms with Gasteiger partial charge >= 0.3 is 0 Å². The molecule has 0 aliphatic heterocycles. The van der Waals surface area contributed by atoms with Gasteiger partial charge in [-0.15, -0.1) is 0 Å². The molecule has 32 heavy (non-hydrogen) atoms. The number of aromatic nitrogens is 2. The highest BCUT2D eigenvalue weighted by atomic mass is 35.5. The van der Waals surface area contributed by atoms with E-state index in [9.17, 15) is 4.79 Å². The first-order chi connectivity index (χ1) is 15.3. The number of nitrogens with one attached hydrogen (secondary N) is 1. The van der Waals surface area contributed by atoms with Crippen molar-refractivity contribution >= 4 is 29.1 Å². The van der Waals surface area contributed by atoms with Crippen LogP contribution in [-0.4, -0.2) is 15.7 Å². The van der Waals surface area contributed by atoms with Gasteiger partial charge in [-0.1, -0.05) is 59.1 Å². The molecule has 1 amide bonds. The summed E-state index contributed by atoms with van der Waals surface area (Å²) >= 11 is 12.2. The molecule has 0 fully saturated rings. The Bertz CT molecular complexity index is 1270. The second-order valence-electron chi connectivity index (χ2n) is 7.86. The highest BCUT2D eigenvalue weighted by molar-refractivity contribution is 6.36. The van der Waals surface area contributed by atoms with Crippen LogP contribution >= 0.6 is 23.2 Å². The number of rotatable bonds is 5. The fraction of sp³-hybridized carbons (Fsp3) is 0.154. The van der Waals surface area contributed by atoms with E-state index in [1.807, 2.05) is 41.2 Å². The maximum Gasteiger partial charge on any atom is 0.253 e. The van der Waals surface area contributed by atoms with Gasteiger partial charge in [0.15, 0.2) is 0 Å². The number of benzene rings is 3. The average Bonchev–Trinajstić information content (AvgIpc) is 3.15. The van der Waals surface area contributed by atoms with E-state index in [0.29, 0.717) is 22.2 Å². The van der Waals surface area contributed by atoms with Crippen molar-refractivity contribution in [1.82, 2.24) is 15.1 Å². The second kappa shape index (κ2) is 9.19. The summed E-state index contributed by atoms with van der Waals surface area (Å²) in [7, 11) is 0. The fourth-order valence-corrected chi connectivity index (χ4v) is 4.45. The van der Waals surface area contributed by atoms with Crippen molar-refractivity contribution in [1.29, 1.82) is 0 Å². The molecule has 0 aliphatic rings. The number of halogens is 2. The standard InChI is InChI=1S/C26H23Cl2N3O/c1-16-11-17(2)24(18(3)12-16)25-19(15-31(30-25)21-7-5-4-6-8-21)14-29-26(32)22-10-9-20(27)13-23(22)28/h4-13,15H,14H2,1-3H3,(H,29,32). The maximum atomic E-state index is 12.8. The van der Waals surface area contributed by atoms with E-state index in [0.717, 1.165) is 33.6 Å². The molecule has 6 heteroatoms. The van der Waals surface area contributed by atoms with Gasteiger partial charge in [0.2, 0.25) is 0 Å². The summed E-state index contributed by atoms with van der Waals surface area (Å²) < 4.78 is 1.85. The Balaban J connectivity index is 1.72. The lowest BCUT2D eigenvalue weighted by Crippen LogP contribution is -2.23. The zero-order valence-corrected chi connectivity index (χ0v) is 19.6. The third-order valence-electron chi connectivity index (χ3n) is 5.34. The summed E-state index contributed by atoms with van der Waals surface area (Å²) in [6.07, 6.45) is 1.97. The molecule has 1 N–H and O–H groups in total. The molecule has 0 spiro atoms. The van der Waals surface area contributed by atoms with Crippen LogP contribution in [0.4, 0.5) is 0 Å². The third-order valence-corrected chi connectivity index (χ3v) is 5.89. The molecule has 1 aromatic heterocycles. The fourth-order valence-electron chi connectivity index (χ4n) is 3.96. The molecular weight excluding hydrogens is 441 g/mol. The van der Waals surface area contributed by atoms with Crippen LogP contribution in [0.15, 0.2) is 66.9 Å². The molecule has 0 unspecified atom stereocenters. The van der Waals surface area contributed by atoms with Gasteiger partial charge < -0.3 is 5.32 Å². The van der Waals surface area contributed by atoms with Gasteiger partial charge in [-0.05, 0) is 62.2 Å². The van der Waals surface area contributed by atoms with Crippen LogP contribution < -0.4 is 5.32 Å². The van der Waals surface area contributed by atoms with E-state index in [1.54, 1.807) is 18.2 Å². The van der Waals surface area contributed by atoms with E-state index >= 15 is 0 Å². The molecule has 3 aromatic carbocycles. The Kier molecular flexibility index (Phi) is 6.35. The summed E-state index contributed by atoms with van der Waals surface area (Å²) in [6.45, 7) is 6.58. The minimum absolute atomic E-state index is 0.262. The number of hydrogen-bond acceptors (Lipinski definition) is 2. The van der Waals surface area contributed by atoms with Crippen LogP contribution in [0, 0.1) is 20.8 Å². The molecule has 0 radical (unpaired) electrons. The van der Waals surface area contributed by atoms with E-state index in [1.165, 1.54) is 5.56 Å². The van der Waals surface area contributed by atoms with Crippen LogP contribution in [-0.2, 0) is 6.54 Å². The molecule has 0 saturated carbocycles. The van der Waals surface area contributed by atoms with E-state index in [-0.39, 0.29) is 5.91 Å². The molecule has 4 rings (SSSR count). The Morgan fingerprint density at radius 3 is 2.31 bits per heavy atom. The van der Waals surface area contributed by atoms with Gasteiger partial charge in [0.25, 0.3) is 5.91 Å². The van der Waals surface area contributed by atoms with Crippen LogP contribution in [0.25, 0.3) is 16.9 Å². The van der Waals surface area contributed by atoms with Crippen molar-refractivity contribution < 1.29 is 4.79 Å². The van der Waals surface area contributed by atoms with Gasteiger partial charge in [-0.3, -0.25) is 4.79 Å². The zero-order chi connectivity index (χ0) is 22.8. The summed E-state index contributed by atoms with van der Waals surface area (Å²) in [4.78, 5) is 12.8. The normalized spacial score (nSPS) is 10.9. The number of para-hydroxylation sites is 1. The summed E-state index contributed by atoms with van der Waals surface area (Å²) in [6, 6.07) is 19.1. The minimum atomic E-state index is -0.262. The molecule has 0 saturated heterocycles. The SMILES string of the molecule is Cc1cc(C)c(-c2nn(-c3ccccc3)cc2CNC(=O)c2ccc(Cl)cc2Cl)c(C)c1. The first-order valence-corrected chi connectivity index (χ1v) is 11.0. The lowest BCUT2D eigenvalue weighted by molar-refractivity contribution is 0.0951. The largest absolute Gasteiger partial charge is 0.348 e. The van der Waals surface area contributed by atoms with E-state index in [4.69, 9.17) is 28.3 Å². The van der Waals surface area contributed by atoms with Crippen LogP contribution in [0.5, 0.6) is 0 Å². The zero-order valence-electron chi connectivity index (χ0n) is 18.1. The van der Waals surface area contributed by atoms with E-state index < -0.39 is 0 Å². The molecule has 4 aromatic rings. The number of nitrogens with zero attached hydrogens (tertiary/aromatic N) is 2. The Morgan fingerprint density at radius 2 is 1.66 bits per heavy atom. The monoisotopic (exact) mass is 463 g/mol.